The largest absolute Gasteiger partial charge is 0.484 e. The summed E-state index contributed by atoms with van der Waals surface area (Å²) in [6, 6.07) is 17.5. The van der Waals surface area contributed by atoms with Gasteiger partial charge >= 0.3 is 5.63 Å². The van der Waals surface area contributed by atoms with Gasteiger partial charge in [-0.2, -0.15) is 0 Å². The first kappa shape index (κ1) is 19.8. The molecule has 1 N–H and O–H groups in total. The number of amides is 1. The molecule has 0 aliphatic rings. The molecule has 2 heterocycles. The Hall–Kier alpha value is -3.51. The Bertz CT molecular complexity index is 1260. The zero-order valence-electron chi connectivity index (χ0n) is 16.1. The monoisotopic (exact) mass is 423 g/mol. The van der Waals surface area contributed by atoms with E-state index in [4.69, 9.17) is 25.2 Å². The summed E-state index contributed by atoms with van der Waals surface area (Å²) in [5.74, 6) is 1.45. The number of nitrogens with one attached hydrogen (secondary N) is 1. The number of hydrogen-bond acceptors (Lipinski definition) is 5. The lowest BCUT2D eigenvalue weighted by Gasteiger charge is -2.08. The zero-order valence-corrected chi connectivity index (χ0v) is 16.9. The Morgan fingerprint density at radius 1 is 1.03 bits per heavy atom. The third kappa shape index (κ3) is 4.55. The number of ether oxygens (including phenoxy) is 1. The predicted octanol–water partition coefficient (Wildman–Crippen LogP) is 4.71. The Kier molecular flexibility index (Phi) is 5.59. The van der Waals surface area contributed by atoms with E-state index in [9.17, 15) is 9.59 Å². The first-order valence-corrected chi connectivity index (χ1v) is 9.64. The van der Waals surface area contributed by atoms with Crippen molar-refractivity contribution in [3.05, 3.63) is 87.4 Å². The summed E-state index contributed by atoms with van der Waals surface area (Å²) in [6.45, 7) is 1.90. The lowest BCUT2D eigenvalue weighted by molar-refractivity contribution is -0.123. The van der Waals surface area contributed by atoms with E-state index in [0.717, 1.165) is 16.5 Å². The van der Waals surface area contributed by atoms with E-state index in [1.807, 2.05) is 25.1 Å². The average Bonchev–Trinajstić information content (AvgIpc) is 3.20. The molecule has 2 aromatic carbocycles. The number of benzene rings is 2. The van der Waals surface area contributed by atoms with Gasteiger partial charge in [0.05, 0.1) is 6.54 Å². The minimum absolute atomic E-state index is 0.174. The van der Waals surface area contributed by atoms with Crippen molar-refractivity contribution in [1.29, 1.82) is 0 Å². The van der Waals surface area contributed by atoms with E-state index >= 15 is 0 Å². The van der Waals surface area contributed by atoms with Gasteiger partial charge < -0.3 is 18.9 Å². The molecular weight excluding hydrogens is 406 g/mol. The third-order valence-corrected chi connectivity index (χ3v) is 4.79. The molecule has 0 fully saturated rings. The van der Waals surface area contributed by atoms with Crippen LogP contribution in [0.4, 0.5) is 0 Å². The molecule has 152 valence electrons. The maximum atomic E-state index is 12.1. The summed E-state index contributed by atoms with van der Waals surface area (Å²) < 4.78 is 16.5. The number of carbonyl (C=O) groups excluding carboxylic acids is 1. The van der Waals surface area contributed by atoms with Crippen LogP contribution >= 0.6 is 11.6 Å². The van der Waals surface area contributed by atoms with Crippen molar-refractivity contribution < 1.29 is 18.4 Å². The summed E-state index contributed by atoms with van der Waals surface area (Å²) in [7, 11) is 0. The number of halogens is 1. The van der Waals surface area contributed by atoms with Gasteiger partial charge in [0.15, 0.2) is 6.61 Å². The summed E-state index contributed by atoms with van der Waals surface area (Å²) in [6.07, 6.45) is 0. The molecule has 0 aliphatic heterocycles. The van der Waals surface area contributed by atoms with E-state index < -0.39 is 5.63 Å². The van der Waals surface area contributed by atoms with E-state index in [1.54, 1.807) is 36.4 Å². The molecule has 2 aromatic heterocycles. The molecule has 6 nitrogen and oxygen atoms in total. The SMILES string of the molecule is Cc1cc(=O)oc2cc(OCC(=O)NCc3ccc(-c4ccc(Cl)cc4)o3)ccc12. The molecule has 4 rings (SSSR count). The van der Waals surface area contributed by atoms with E-state index in [1.165, 1.54) is 6.07 Å². The topological polar surface area (TPSA) is 81.7 Å². The Morgan fingerprint density at radius 2 is 1.83 bits per heavy atom. The van der Waals surface area contributed by atoms with Crippen LogP contribution in [0, 0.1) is 6.92 Å². The minimum Gasteiger partial charge on any atom is -0.484 e. The van der Waals surface area contributed by atoms with Crippen molar-refractivity contribution in [2.45, 2.75) is 13.5 Å². The third-order valence-electron chi connectivity index (χ3n) is 4.54. The fraction of sp³-hybridized carbons (Fsp3) is 0.130. The van der Waals surface area contributed by atoms with Crippen molar-refractivity contribution in [2.24, 2.45) is 0 Å². The summed E-state index contributed by atoms with van der Waals surface area (Å²) >= 11 is 5.90. The highest BCUT2D eigenvalue weighted by Crippen LogP contribution is 2.24. The Labute approximate surface area is 177 Å². The molecule has 0 aliphatic carbocycles. The first-order chi connectivity index (χ1) is 14.5. The molecule has 0 saturated heterocycles. The van der Waals surface area contributed by atoms with Crippen LogP contribution in [0.1, 0.15) is 11.3 Å². The van der Waals surface area contributed by atoms with Gasteiger partial charge in [0.2, 0.25) is 0 Å². The second kappa shape index (κ2) is 8.47. The molecule has 30 heavy (non-hydrogen) atoms. The van der Waals surface area contributed by atoms with Gasteiger partial charge in [-0.15, -0.1) is 0 Å². The van der Waals surface area contributed by atoms with E-state index in [2.05, 4.69) is 5.32 Å². The summed E-state index contributed by atoms with van der Waals surface area (Å²) in [5, 5.41) is 4.22. The predicted molar refractivity (Wildman–Crippen MR) is 114 cm³/mol. The lowest BCUT2D eigenvalue weighted by atomic mass is 10.1. The highest BCUT2D eigenvalue weighted by molar-refractivity contribution is 6.30. The van der Waals surface area contributed by atoms with Gasteiger partial charge in [0.1, 0.15) is 22.9 Å². The highest BCUT2D eigenvalue weighted by atomic mass is 35.5. The van der Waals surface area contributed by atoms with E-state index in [0.29, 0.717) is 27.9 Å². The van der Waals surface area contributed by atoms with Crippen LogP contribution in [0.25, 0.3) is 22.3 Å². The van der Waals surface area contributed by atoms with Crippen LogP contribution in [-0.4, -0.2) is 12.5 Å². The Balaban J connectivity index is 1.33. The molecule has 7 heteroatoms. The number of fused-ring (bicyclic) bond motifs is 1. The fourth-order valence-electron chi connectivity index (χ4n) is 3.02. The number of aryl methyl sites for hydroxylation is 1. The van der Waals surface area contributed by atoms with Crippen LogP contribution < -0.4 is 15.7 Å². The molecule has 0 unspecified atom stereocenters. The van der Waals surface area contributed by atoms with Gasteiger partial charge in [-0.25, -0.2) is 4.79 Å². The number of rotatable bonds is 6. The normalized spacial score (nSPS) is 10.9. The quantitative estimate of drug-likeness (QED) is 0.454. The van der Waals surface area contributed by atoms with Crippen LogP contribution in [-0.2, 0) is 11.3 Å². The average molecular weight is 424 g/mol. The van der Waals surface area contributed by atoms with Gasteiger partial charge in [-0.05, 0) is 61.0 Å². The molecule has 0 radical (unpaired) electrons. The van der Waals surface area contributed by atoms with Crippen molar-refractivity contribution in [3.8, 4) is 17.1 Å². The standard InChI is InChI=1S/C23H18ClNO5/c1-14-10-23(27)30-21-11-17(6-8-19(14)21)28-13-22(26)25-12-18-7-9-20(29-18)15-2-4-16(24)5-3-15/h2-11H,12-13H2,1H3,(H,25,26). The number of carbonyl (C=O) groups is 1. The summed E-state index contributed by atoms with van der Waals surface area (Å²) in [4.78, 5) is 23.6. The van der Waals surface area contributed by atoms with Crippen LogP contribution in [0.15, 0.2) is 74.3 Å². The smallest absolute Gasteiger partial charge is 0.336 e. The molecule has 4 aromatic rings. The minimum atomic E-state index is -0.425. The van der Waals surface area contributed by atoms with Crippen LogP contribution in [0.3, 0.4) is 0 Å². The molecule has 0 atom stereocenters. The molecular formula is C23H18ClNO5. The Morgan fingerprint density at radius 3 is 2.63 bits per heavy atom. The molecule has 0 saturated carbocycles. The lowest BCUT2D eigenvalue weighted by Crippen LogP contribution is -2.28. The second-order valence-corrected chi connectivity index (χ2v) is 7.18. The van der Waals surface area contributed by atoms with Gasteiger partial charge in [-0.3, -0.25) is 4.79 Å². The van der Waals surface area contributed by atoms with Crippen LogP contribution in [0.5, 0.6) is 5.75 Å². The molecule has 1 amide bonds. The van der Waals surface area contributed by atoms with Crippen LogP contribution in [0.2, 0.25) is 5.02 Å². The number of furan rings is 1. The van der Waals surface area contributed by atoms with Crippen molar-refractivity contribution >= 4 is 28.5 Å². The van der Waals surface area contributed by atoms with E-state index in [-0.39, 0.29) is 19.1 Å². The van der Waals surface area contributed by atoms with Crippen molar-refractivity contribution in [3.63, 3.8) is 0 Å². The maximum absolute atomic E-state index is 12.1. The zero-order chi connectivity index (χ0) is 21.1. The fourth-order valence-corrected chi connectivity index (χ4v) is 3.15. The first-order valence-electron chi connectivity index (χ1n) is 9.26. The molecule has 0 bridgehead atoms. The van der Waals surface area contributed by atoms with Crippen molar-refractivity contribution in [1.82, 2.24) is 5.32 Å². The maximum Gasteiger partial charge on any atom is 0.336 e. The van der Waals surface area contributed by atoms with Gasteiger partial charge in [-0.1, -0.05) is 11.6 Å². The van der Waals surface area contributed by atoms with Crippen molar-refractivity contribution in [2.75, 3.05) is 6.61 Å². The second-order valence-electron chi connectivity index (χ2n) is 6.74. The molecule has 0 spiro atoms. The summed E-state index contributed by atoms with van der Waals surface area (Å²) in [5.41, 5.74) is 1.72. The van der Waals surface area contributed by atoms with Gasteiger partial charge in [0.25, 0.3) is 5.91 Å². The van der Waals surface area contributed by atoms with Gasteiger partial charge in [0, 0.05) is 28.1 Å². The highest BCUT2D eigenvalue weighted by Gasteiger charge is 2.09. The number of hydrogen-bond donors (Lipinski definition) is 1.